The van der Waals surface area contributed by atoms with E-state index in [0.29, 0.717) is 6.04 Å². The Kier molecular flexibility index (Phi) is 3.93. The van der Waals surface area contributed by atoms with E-state index in [9.17, 15) is 0 Å². The minimum absolute atomic E-state index is 0.610. The van der Waals surface area contributed by atoms with Crippen molar-refractivity contribution in [3.05, 3.63) is 23.8 Å². The first kappa shape index (κ1) is 12.3. The van der Waals surface area contributed by atoms with E-state index in [1.165, 1.54) is 43.4 Å². The van der Waals surface area contributed by atoms with Gasteiger partial charge >= 0.3 is 0 Å². The summed E-state index contributed by atoms with van der Waals surface area (Å²) < 4.78 is 0. The zero-order valence-electron chi connectivity index (χ0n) is 11.0. The zero-order valence-corrected chi connectivity index (χ0v) is 11.0. The van der Waals surface area contributed by atoms with Gasteiger partial charge in [0, 0.05) is 17.4 Å². The molecule has 1 aromatic carbocycles. The third-order valence-corrected chi connectivity index (χ3v) is 3.81. The maximum atomic E-state index is 5.89. The Morgan fingerprint density at radius 1 is 1.12 bits per heavy atom. The van der Waals surface area contributed by atoms with Crippen LogP contribution in [0.25, 0.3) is 0 Å². The summed E-state index contributed by atoms with van der Waals surface area (Å²) in [6.07, 6.45) is 6.76. The maximum absolute atomic E-state index is 5.89. The molecule has 1 saturated carbocycles. The quantitative estimate of drug-likeness (QED) is 0.598. The number of nitrogens with two attached hydrogens (primary N) is 1. The van der Waals surface area contributed by atoms with Crippen molar-refractivity contribution in [1.29, 1.82) is 0 Å². The van der Waals surface area contributed by atoms with Gasteiger partial charge in [0.05, 0.1) is 0 Å². The van der Waals surface area contributed by atoms with Gasteiger partial charge in [0.15, 0.2) is 0 Å². The third-order valence-electron chi connectivity index (χ3n) is 3.81. The molecule has 1 aromatic rings. The van der Waals surface area contributed by atoms with Crippen LogP contribution in [0.1, 0.15) is 44.6 Å². The molecule has 0 aliphatic heterocycles. The van der Waals surface area contributed by atoms with Crippen molar-refractivity contribution in [2.24, 2.45) is 5.92 Å². The number of rotatable bonds is 2. The number of hydrogen-bond donors (Lipinski definition) is 2. The second kappa shape index (κ2) is 5.44. The summed E-state index contributed by atoms with van der Waals surface area (Å²) in [5.74, 6) is 0.763. The van der Waals surface area contributed by atoms with Gasteiger partial charge in [-0.3, -0.25) is 0 Å². The van der Waals surface area contributed by atoms with Crippen LogP contribution in [0.15, 0.2) is 18.2 Å². The van der Waals surface area contributed by atoms with Crippen molar-refractivity contribution in [3.63, 3.8) is 0 Å². The summed E-state index contributed by atoms with van der Waals surface area (Å²) in [4.78, 5) is 0. The van der Waals surface area contributed by atoms with Gasteiger partial charge in [-0.2, -0.15) is 0 Å². The lowest BCUT2D eigenvalue weighted by Gasteiger charge is -2.24. The normalized spacial score (nSPS) is 25.3. The van der Waals surface area contributed by atoms with Crippen molar-refractivity contribution in [1.82, 2.24) is 0 Å². The molecule has 1 aliphatic rings. The van der Waals surface area contributed by atoms with Gasteiger partial charge in [-0.05, 0) is 49.4 Å². The number of anilines is 2. The fourth-order valence-corrected chi connectivity index (χ4v) is 2.82. The molecule has 2 unspecified atom stereocenters. The van der Waals surface area contributed by atoms with Gasteiger partial charge in [-0.25, -0.2) is 0 Å². The first-order chi connectivity index (χ1) is 8.15. The van der Waals surface area contributed by atoms with Gasteiger partial charge in [0.25, 0.3) is 0 Å². The predicted molar refractivity (Wildman–Crippen MR) is 75.3 cm³/mol. The Morgan fingerprint density at radius 3 is 2.65 bits per heavy atom. The van der Waals surface area contributed by atoms with Gasteiger partial charge in [0.1, 0.15) is 0 Å². The summed E-state index contributed by atoms with van der Waals surface area (Å²) >= 11 is 0. The number of benzene rings is 1. The molecular weight excluding hydrogens is 208 g/mol. The smallest absolute Gasteiger partial charge is 0.0365 e. The van der Waals surface area contributed by atoms with Crippen molar-refractivity contribution in [3.8, 4) is 0 Å². The predicted octanol–water partition coefficient (Wildman–Crippen LogP) is 3.96. The Morgan fingerprint density at radius 2 is 1.88 bits per heavy atom. The number of nitrogen functional groups attached to an aromatic ring is 1. The number of aryl methyl sites for hydroxylation is 1. The largest absolute Gasteiger partial charge is 0.399 e. The standard InChI is InChI=1S/C15H24N2/c1-11-8-13(16)10-14(9-11)17-15-7-5-3-4-6-12(15)2/h8-10,12,15,17H,3-7,16H2,1-2H3. The van der Waals surface area contributed by atoms with E-state index in [0.717, 1.165) is 11.6 Å². The van der Waals surface area contributed by atoms with Crippen molar-refractivity contribution >= 4 is 11.4 Å². The molecular formula is C15H24N2. The van der Waals surface area contributed by atoms with E-state index in [4.69, 9.17) is 5.73 Å². The Hall–Kier alpha value is -1.18. The van der Waals surface area contributed by atoms with Crippen LogP contribution in [-0.2, 0) is 0 Å². The summed E-state index contributed by atoms with van der Waals surface area (Å²) in [7, 11) is 0. The van der Waals surface area contributed by atoms with E-state index in [-0.39, 0.29) is 0 Å². The number of hydrogen-bond acceptors (Lipinski definition) is 2. The van der Waals surface area contributed by atoms with E-state index >= 15 is 0 Å². The van der Waals surface area contributed by atoms with Crippen LogP contribution in [0.4, 0.5) is 11.4 Å². The molecule has 0 bridgehead atoms. The summed E-state index contributed by atoms with van der Waals surface area (Å²) in [5, 5.41) is 3.67. The van der Waals surface area contributed by atoms with E-state index in [2.05, 4.69) is 25.2 Å². The molecule has 2 nitrogen and oxygen atoms in total. The molecule has 94 valence electrons. The van der Waals surface area contributed by atoms with Crippen LogP contribution in [0.5, 0.6) is 0 Å². The van der Waals surface area contributed by atoms with Crippen LogP contribution in [0.3, 0.4) is 0 Å². The molecule has 0 saturated heterocycles. The highest BCUT2D eigenvalue weighted by atomic mass is 14.9. The first-order valence-electron chi connectivity index (χ1n) is 6.79. The summed E-state index contributed by atoms with van der Waals surface area (Å²) in [6, 6.07) is 6.86. The van der Waals surface area contributed by atoms with Crippen molar-refractivity contribution in [2.75, 3.05) is 11.1 Å². The lowest BCUT2D eigenvalue weighted by Crippen LogP contribution is -2.26. The molecule has 0 aromatic heterocycles. The average Bonchev–Trinajstić information content (AvgIpc) is 2.43. The minimum Gasteiger partial charge on any atom is -0.399 e. The SMILES string of the molecule is Cc1cc(N)cc(NC2CCCCCC2C)c1. The minimum atomic E-state index is 0.610. The molecule has 1 fully saturated rings. The maximum Gasteiger partial charge on any atom is 0.0365 e. The average molecular weight is 232 g/mol. The molecule has 2 atom stereocenters. The summed E-state index contributed by atoms with van der Waals surface area (Å²) in [6.45, 7) is 4.46. The molecule has 17 heavy (non-hydrogen) atoms. The molecule has 0 radical (unpaired) electrons. The van der Waals surface area contributed by atoms with Gasteiger partial charge in [-0.15, -0.1) is 0 Å². The third kappa shape index (κ3) is 3.39. The zero-order chi connectivity index (χ0) is 12.3. The fourth-order valence-electron chi connectivity index (χ4n) is 2.82. The van der Waals surface area contributed by atoms with Crippen LogP contribution in [0, 0.1) is 12.8 Å². The Labute approximate surface area is 105 Å². The molecule has 2 heteroatoms. The van der Waals surface area contributed by atoms with Crippen LogP contribution >= 0.6 is 0 Å². The molecule has 0 heterocycles. The Bertz CT molecular complexity index is 353. The van der Waals surface area contributed by atoms with Crippen molar-refractivity contribution < 1.29 is 0 Å². The van der Waals surface area contributed by atoms with Crippen LogP contribution in [-0.4, -0.2) is 6.04 Å². The summed E-state index contributed by atoms with van der Waals surface area (Å²) in [5.41, 5.74) is 9.16. The molecule has 0 spiro atoms. The monoisotopic (exact) mass is 232 g/mol. The second-order valence-electron chi connectivity index (χ2n) is 5.50. The molecule has 2 rings (SSSR count). The van der Waals surface area contributed by atoms with E-state index in [1.807, 2.05) is 12.1 Å². The van der Waals surface area contributed by atoms with Gasteiger partial charge in [0.2, 0.25) is 0 Å². The van der Waals surface area contributed by atoms with Crippen LogP contribution in [0.2, 0.25) is 0 Å². The van der Waals surface area contributed by atoms with E-state index < -0.39 is 0 Å². The van der Waals surface area contributed by atoms with E-state index in [1.54, 1.807) is 0 Å². The van der Waals surface area contributed by atoms with Gasteiger partial charge < -0.3 is 11.1 Å². The van der Waals surface area contributed by atoms with Crippen molar-refractivity contribution in [2.45, 2.75) is 52.0 Å². The topological polar surface area (TPSA) is 38.0 Å². The lowest BCUT2D eigenvalue weighted by molar-refractivity contribution is 0.457. The molecule has 0 amide bonds. The van der Waals surface area contributed by atoms with Gasteiger partial charge in [-0.1, -0.05) is 26.2 Å². The first-order valence-corrected chi connectivity index (χ1v) is 6.79. The fraction of sp³-hybridized carbons (Fsp3) is 0.600. The number of nitrogens with one attached hydrogen (secondary N) is 1. The Balaban J connectivity index is 2.07. The highest BCUT2D eigenvalue weighted by Crippen LogP contribution is 2.27. The molecule has 3 N–H and O–H groups in total. The highest BCUT2D eigenvalue weighted by Gasteiger charge is 2.19. The molecule has 1 aliphatic carbocycles. The second-order valence-corrected chi connectivity index (χ2v) is 5.50. The highest BCUT2D eigenvalue weighted by molar-refractivity contribution is 5.57. The van der Waals surface area contributed by atoms with Crippen LogP contribution < -0.4 is 11.1 Å². The lowest BCUT2D eigenvalue weighted by atomic mass is 9.96.